The number of amides is 1. The summed E-state index contributed by atoms with van der Waals surface area (Å²) in [6.45, 7) is 2.57. The van der Waals surface area contributed by atoms with E-state index in [9.17, 15) is 4.79 Å². The third-order valence-electron chi connectivity index (χ3n) is 4.69. The Hall–Kier alpha value is -2.61. The summed E-state index contributed by atoms with van der Waals surface area (Å²) in [5.41, 5.74) is 2.85. The molecule has 1 amide bonds. The van der Waals surface area contributed by atoms with Gasteiger partial charge in [-0.15, -0.1) is 16.4 Å². The van der Waals surface area contributed by atoms with Crippen LogP contribution in [0.4, 0.5) is 5.95 Å². The maximum Gasteiger partial charge on any atom is 0.250 e. The minimum atomic E-state index is -0.158. The second kappa shape index (κ2) is 9.68. The summed E-state index contributed by atoms with van der Waals surface area (Å²) in [6, 6.07) is 13.3. The number of nitrogens with zero attached hydrogens (tertiary/aromatic N) is 3. The first kappa shape index (κ1) is 21.6. The first-order valence-electron chi connectivity index (χ1n) is 9.85. The van der Waals surface area contributed by atoms with Crippen LogP contribution in [0.3, 0.4) is 0 Å². The predicted molar refractivity (Wildman–Crippen MR) is 125 cm³/mol. The highest BCUT2D eigenvalue weighted by Gasteiger charge is 2.15. The lowest BCUT2D eigenvalue weighted by molar-refractivity contribution is -0.116. The monoisotopic (exact) mass is 474 g/mol. The Morgan fingerprint density at radius 2 is 2.00 bits per heavy atom. The Labute approximate surface area is 193 Å². The number of fused-ring (bicyclic) bond motifs is 1. The fourth-order valence-electron chi connectivity index (χ4n) is 3.05. The van der Waals surface area contributed by atoms with E-state index in [0.717, 1.165) is 23.4 Å². The van der Waals surface area contributed by atoms with Gasteiger partial charge in [0.15, 0.2) is 0 Å². The van der Waals surface area contributed by atoms with E-state index in [-0.39, 0.29) is 11.9 Å². The van der Waals surface area contributed by atoms with Gasteiger partial charge in [-0.1, -0.05) is 42.3 Å². The highest BCUT2D eigenvalue weighted by atomic mass is 35.5. The number of nitrogens with one attached hydrogen (secondary N) is 1. The largest absolute Gasteiger partial charge is 0.494 e. The third-order valence-corrected chi connectivity index (χ3v) is 6.05. The van der Waals surface area contributed by atoms with Crippen LogP contribution in [0.15, 0.2) is 47.8 Å². The fourth-order valence-corrected chi connectivity index (χ4v) is 4.38. The summed E-state index contributed by atoms with van der Waals surface area (Å²) in [5.74, 6) is 0.913. The molecular formula is C22H20Cl2N4O2S. The molecule has 2 aromatic heterocycles. The number of aromatic nitrogens is 3. The van der Waals surface area contributed by atoms with Crippen molar-refractivity contribution >= 4 is 51.4 Å². The van der Waals surface area contributed by atoms with Crippen molar-refractivity contribution in [2.24, 2.45) is 0 Å². The van der Waals surface area contributed by atoms with Crippen LogP contribution in [0.2, 0.25) is 10.0 Å². The quantitative estimate of drug-likeness (QED) is 0.312. The average Bonchev–Trinajstić information content (AvgIpc) is 3.32. The second-order valence-corrected chi connectivity index (χ2v) is 8.55. The third kappa shape index (κ3) is 5.18. The number of benzene rings is 2. The molecule has 9 heteroatoms. The molecule has 0 bridgehead atoms. The number of carbonyl (C=O) groups is 1. The van der Waals surface area contributed by atoms with Crippen LogP contribution in [0.5, 0.6) is 5.75 Å². The Balaban J connectivity index is 1.33. The minimum Gasteiger partial charge on any atom is -0.494 e. The zero-order valence-electron chi connectivity index (χ0n) is 16.8. The van der Waals surface area contributed by atoms with Gasteiger partial charge < -0.3 is 4.74 Å². The van der Waals surface area contributed by atoms with Gasteiger partial charge in [-0.2, -0.15) is 4.98 Å². The molecule has 0 atom stereocenters. The molecule has 2 aromatic carbocycles. The van der Waals surface area contributed by atoms with E-state index in [1.165, 1.54) is 16.9 Å². The van der Waals surface area contributed by atoms with E-state index < -0.39 is 0 Å². The first-order chi connectivity index (χ1) is 15.0. The van der Waals surface area contributed by atoms with Crippen molar-refractivity contribution in [3.05, 3.63) is 63.5 Å². The molecule has 0 unspecified atom stereocenters. The molecule has 31 heavy (non-hydrogen) atoms. The van der Waals surface area contributed by atoms with E-state index in [2.05, 4.69) is 22.3 Å². The van der Waals surface area contributed by atoms with E-state index in [4.69, 9.17) is 27.9 Å². The van der Waals surface area contributed by atoms with Crippen LogP contribution >= 0.6 is 34.5 Å². The molecule has 0 aliphatic carbocycles. The van der Waals surface area contributed by atoms with Crippen LogP contribution in [0, 0.1) is 0 Å². The smallest absolute Gasteiger partial charge is 0.250 e. The molecule has 1 N–H and O–H groups in total. The molecular weight excluding hydrogens is 455 g/mol. The maximum atomic E-state index is 12.3. The van der Waals surface area contributed by atoms with Gasteiger partial charge in [0, 0.05) is 22.4 Å². The van der Waals surface area contributed by atoms with Crippen LogP contribution in [-0.4, -0.2) is 27.1 Å². The highest BCUT2D eigenvalue weighted by molar-refractivity contribution is 7.15. The summed E-state index contributed by atoms with van der Waals surface area (Å²) in [5, 5.41) is 10.2. The highest BCUT2D eigenvalue weighted by Crippen LogP contribution is 2.33. The van der Waals surface area contributed by atoms with Gasteiger partial charge in [-0.25, -0.2) is 4.52 Å². The maximum absolute atomic E-state index is 12.3. The van der Waals surface area contributed by atoms with Crippen molar-refractivity contribution in [2.75, 3.05) is 11.9 Å². The van der Waals surface area contributed by atoms with Crippen molar-refractivity contribution in [3.63, 3.8) is 0 Å². The van der Waals surface area contributed by atoms with Crippen molar-refractivity contribution < 1.29 is 9.53 Å². The van der Waals surface area contributed by atoms with Crippen LogP contribution < -0.4 is 10.1 Å². The van der Waals surface area contributed by atoms with Gasteiger partial charge in [0.25, 0.3) is 0 Å². The lowest BCUT2D eigenvalue weighted by Gasteiger charge is -2.06. The molecule has 0 saturated heterocycles. The Bertz CT molecular complexity index is 1200. The molecule has 0 saturated carbocycles. The van der Waals surface area contributed by atoms with Crippen LogP contribution in [0.1, 0.15) is 25.3 Å². The lowest BCUT2D eigenvalue weighted by atomic mass is 10.2. The number of halogens is 2. The number of rotatable bonds is 8. The molecule has 0 radical (unpaired) electrons. The lowest BCUT2D eigenvalue weighted by Crippen LogP contribution is -2.14. The molecule has 0 aliphatic rings. The van der Waals surface area contributed by atoms with Gasteiger partial charge in [-0.3, -0.25) is 10.1 Å². The topological polar surface area (TPSA) is 68.5 Å². The molecule has 2 heterocycles. The van der Waals surface area contributed by atoms with Gasteiger partial charge in [0.1, 0.15) is 5.75 Å². The van der Waals surface area contributed by atoms with E-state index in [0.29, 0.717) is 34.5 Å². The zero-order valence-corrected chi connectivity index (χ0v) is 19.1. The van der Waals surface area contributed by atoms with Crippen LogP contribution in [0.25, 0.3) is 16.2 Å². The first-order valence-corrected chi connectivity index (χ1v) is 11.5. The molecule has 6 nitrogen and oxygen atoms in total. The summed E-state index contributed by atoms with van der Waals surface area (Å²) >= 11 is 13.7. The van der Waals surface area contributed by atoms with Gasteiger partial charge >= 0.3 is 0 Å². The second-order valence-electron chi connectivity index (χ2n) is 6.87. The van der Waals surface area contributed by atoms with Crippen molar-refractivity contribution in [1.82, 2.24) is 14.6 Å². The van der Waals surface area contributed by atoms with Crippen molar-refractivity contribution in [1.29, 1.82) is 0 Å². The summed E-state index contributed by atoms with van der Waals surface area (Å²) < 4.78 is 7.36. The number of aryl methyl sites for hydroxylation is 1. The van der Waals surface area contributed by atoms with E-state index in [1.807, 2.05) is 35.7 Å². The molecule has 0 spiro atoms. The normalized spacial score (nSPS) is 11.1. The Kier molecular flexibility index (Phi) is 6.75. The van der Waals surface area contributed by atoms with Gasteiger partial charge in [-0.05, 0) is 48.7 Å². The average molecular weight is 475 g/mol. The van der Waals surface area contributed by atoms with Gasteiger partial charge in [0.2, 0.25) is 16.8 Å². The van der Waals surface area contributed by atoms with Crippen LogP contribution in [-0.2, 0) is 11.2 Å². The number of ether oxygens (including phenoxy) is 1. The van der Waals surface area contributed by atoms with Gasteiger partial charge in [0.05, 0.1) is 17.3 Å². The molecule has 160 valence electrons. The Morgan fingerprint density at radius 1 is 1.19 bits per heavy atom. The van der Waals surface area contributed by atoms with Crippen molar-refractivity contribution in [2.45, 2.75) is 26.2 Å². The van der Waals surface area contributed by atoms with E-state index in [1.54, 1.807) is 16.6 Å². The zero-order chi connectivity index (χ0) is 21.8. The van der Waals surface area contributed by atoms with E-state index >= 15 is 0 Å². The summed E-state index contributed by atoms with van der Waals surface area (Å²) in [7, 11) is 0. The number of hydrogen-bond donors (Lipinski definition) is 1. The minimum absolute atomic E-state index is 0.158. The summed E-state index contributed by atoms with van der Waals surface area (Å²) in [4.78, 5) is 17.3. The number of carbonyl (C=O) groups excluding carboxylic acids is 1. The Morgan fingerprint density at radius 3 is 2.74 bits per heavy atom. The SMILES string of the molecule is CCc1ccc(OCCCC(=O)Nc2nc3scc(-c4ccc(Cl)cc4Cl)n3n2)cc1. The molecule has 0 fully saturated rings. The number of hydrogen-bond acceptors (Lipinski definition) is 5. The predicted octanol–water partition coefficient (Wildman–Crippen LogP) is 6.12. The molecule has 4 aromatic rings. The number of thiazole rings is 1. The number of anilines is 1. The standard InChI is InChI=1S/C22H20Cl2N4O2S/c1-2-14-5-8-16(9-6-14)30-11-3-4-20(29)25-21-26-22-28(27-21)19(13-31-22)17-10-7-15(23)12-18(17)24/h5-10,12-13H,2-4,11H2,1H3,(H,25,27,29). The fraction of sp³-hybridized carbons (Fsp3) is 0.227. The molecule has 0 aliphatic heterocycles. The molecule has 4 rings (SSSR count). The summed E-state index contributed by atoms with van der Waals surface area (Å²) in [6.07, 6.45) is 1.90. The van der Waals surface area contributed by atoms with Crippen molar-refractivity contribution in [3.8, 4) is 17.0 Å².